The van der Waals surface area contributed by atoms with Crippen LogP contribution in [0.5, 0.6) is 11.5 Å². The first-order valence-corrected chi connectivity index (χ1v) is 16.7. The van der Waals surface area contributed by atoms with Crippen molar-refractivity contribution in [2.45, 2.75) is 44.3 Å². The molecule has 3 aliphatic rings. The number of nitrogens with zero attached hydrogens (tertiary/aromatic N) is 8. The van der Waals surface area contributed by atoms with E-state index in [-0.39, 0.29) is 29.0 Å². The van der Waals surface area contributed by atoms with Crippen molar-refractivity contribution >= 4 is 22.8 Å². The molecule has 13 heteroatoms. The third kappa shape index (κ3) is 6.59. The van der Waals surface area contributed by atoms with Crippen LogP contribution in [0.2, 0.25) is 0 Å². The lowest BCUT2D eigenvalue weighted by atomic mass is 9.98. The quantitative estimate of drug-likeness (QED) is 0.210. The number of likely N-dealkylation sites (tertiary alicyclic amines) is 1. The number of halogens is 1. The fraction of sp³-hybridized carbons (Fsp3) is 0.417. The van der Waals surface area contributed by atoms with Crippen LogP contribution in [-0.2, 0) is 9.53 Å². The summed E-state index contributed by atoms with van der Waals surface area (Å²) in [7, 11) is 0. The molecule has 1 amide bonds. The molecule has 0 aliphatic carbocycles. The van der Waals surface area contributed by atoms with Crippen LogP contribution in [-0.4, -0.2) is 104 Å². The van der Waals surface area contributed by atoms with Gasteiger partial charge in [0.15, 0.2) is 5.65 Å². The van der Waals surface area contributed by atoms with Crippen LogP contribution >= 0.6 is 0 Å². The maximum atomic E-state index is 15.7. The van der Waals surface area contributed by atoms with Gasteiger partial charge in [0.2, 0.25) is 5.70 Å². The summed E-state index contributed by atoms with van der Waals surface area (Å²) >= 11 is 0. The number of rotatable bonds is 8. The summed E-state index contributed by atoms with van der Waals surface area (Å²) in [5.41, 5.74) is 6.98. The van der Waals surface area contributed by atoms with Gasteiger partial charge in [0.05, 0.1) is 37.3 Å². The lowest BCUT2D eigenvalue weighted by Gasteiger charge is -2.47. The van der Waals surface area contributed by atoms with E-state index < -0.39 is 11.4 Å². The first-order chi connectivity index (χ1) is 23.7. The lowest BCUT2D eigenvalue weighted by molar-refractivity contribution is -0.128. The Kier molecular flexibility index (Phi) is 9.02. The van der Waals surface area contributed by atoms with Crippen molar-refractivity contribution in [1.82, 2.24) is 34.4 Å². The van der Waals surface area contributed by atoms with Gasteiger partial charge >= 0.3 is 0 Å². The number of fused-ring (bicyclic) bond motifs is 1. The number of nitrogens with two attached hydrogens (primary N) is 1. The maximum absolute atomic E-state index is 15.7. The molecule has 3 saturated heterocycles. The Balaban J connectivity index is 1.11. The zero-order valence-corrected chi connectivity index (χ0v) is 27.8. The molecule has 254 valence electrons. The number of aromatic nitrogens is 4. The molecular weight excluding hydrogens is 625 g/mol. The number of carbonyl (C=O) groups excluding carboxylic acids is 1. The topological polar surface area (TPSA) is 119 Å². The Labute approximate surface area is 284 Å². The van der Waals surface area contributed by atoms with Crippen molar-refractivity contribution in [3.8, 4) is 22.8 Å². The van der Waals surface area contributed by atoms with E-state index in [2.05, 4.69) is 38.5 Å². The molecule has 0 bridgehead atoms. The summed E-state index contributed by atoms with van der Waals surface area (Å²) in [6.45, 7) is 18.1. The number of nitrogen functional groups attached to an aromatic ring is 1. The van der Waals surface area contributed by atoms with Crippen LogP contribution in [0.15, 0.2) is 66.6 Å². The zero-order chi connectivity index (χ0) is 34.1. The summed E-state index contributed by atoms with van der Waals surface area (Å²) in [6, 6.07) is 14.0. The number of piperidine rings is 1. The second-order valence-electron chi connectivity index (χ2n) is 13.4. The predicted molar refractivity (Wildman–Crippen MR) is 183 cm³/mol. The van der Waals surface area contributed by atoms with Crippen molar-refractivity contribution in [3.05, 3.63) is 83.9 Å². The van der Waals surface area contributed by atoms with Gasteiger partial charge in [-0.2, -0.15) is 5.10 Å². The van der Waals surface area contributed by atoms with Gasteiger partial charge < -0.3 is 20.1 Å². The highest BCUT2D eigenvalue weighted by Gasteiger charge is 2.35. The fourth-order valence-corrected chi connectivity index (χ4v) is 6.98. The standard InChI is InChI=1S/C36H40FN9O3/c1-36(2,45-16-14-43(15-17-45)25-21-48-22-25)19-30(39-3)35(47)44-13-7-8-24(20-44)46-34-31(33(38)40-23-41-34)32(42-46)28-12-11-27(18-29(28)37)49-26-9-5-4-6-10-26/h4-6,9-12,18-19,23-25H,7-8,13-17,20-22H2,1-2H3,(H2,38,40,41)/b30-19-. The highest BCUT2D eigenvalue weighted by molar-refractivity contribution is 5.98. The number of carbonyl (C=O) groups is 1. The Bertz CT molecular complexity index is 1910. The van der Waals surface area contributed by atoms with Gasteiger partial charge in [-0.05, 0) is 51.0 Å². The van der Waals surface area contributed by atoms with Gasteiger partial charge in [-0.25, -0.2) is 23.9 Å². The summed E-state index contributed by atoms with van der Waals surface area (Å²) in [5, 5.41) is 5.29. The van der Waals surface area contributed by atoms with Crippen molar-refractivity contribution in [1.29, 1.82) is 0 Å². The van der Waals surface area contributed by atoms with Crippen LogP contribution < -0.4 is 10.5 Å². The van der Waals surface area contributed by atoms with Gasteiger partial charge in [-0.15, -0.1) is 0 Å². The summed E-state index contributed by atoms with van der Waals surface area (Å²) < 4.78 is 28.6. The predicted octanol–water partition coefficient (Wildman–Crippen LogP) is 4.77. The average Bonchev–Trinajstić information content (AvgIpc) is 3.48. The average molecular weight is 666 g/mol. The molecule has 49 heavy (non-hydrogen) atoms. The molecule has 1 unspecified atom stereocenters. The Morgan fingerprint density at radius 1 is 1.06 bits per heavy atom. The van der Waals surface area contributed by atoms with Crippen LogP contribution in [0, 0.1) is 12.4 Å². The van der Waals surface area contributed by atoms with Crippen LogP contribution in [0.4, 0.5) is 10.2 Å². The molecule has 3 fully saturated rings. The molecule has 1 atom stereocenters. The zero-order valence-electron chi connectivity index (χ0n) is 27.8. The minimum Gasteiger partial charge on any atom is -0.457 e. The van der Waals surface area contributed by atoms with Gasteiger partial charge in [0, 0.05) is 56.4 Å². The van der Waals surface area contributed by atoms with Gasteiger partial charge in [0.1, 0.15) is 35.2 Å². The number of hydrogen-bond acceptors (Lipinski definition) is 9. The van der Waals surface area contributed by atoms with Crippen LogP contribution in [0.1, 0.15) is 32.7 Å². The van der Waals surface area contributed by atoms with Crippen molar-refractivity contribution < 1.29 is 18.7 Å². The second kappa shape index (κ2) is 13.5. The first kappa shape index (κ1) is 32.6. The lowest BCUT2D eigenvalue weighted by Crippen LogP contribution is -2.59. The van der Waals surface area contributed by atoms with E-state index in [1.54, 1.807) is 33.8 Å². The largest absolute Gasteiger partial charge is 0.457 e. The third-order valence-corrected chi connectivity index (χ3v) is 9.82. The number of para-hydroxylation sites is 1. The number of hydrogen-bond donors (Lipinski definition) is 1. The number of amides is 1. The molecule has 0 radical (unpaired) electrons. The van der Waals surface area contributed by atoms with E-state index in [0.717, 1.165) is 45.8 Å². The molecule has 2 aromatic heterocycles. The summed E-state index contributed by atoms with van der Waals surface area (Å²) in [5.74, 6) is 0.290. The van der Waals surface area contributed by atoms with Crippen LogP contribution in [0.3, 0.4) is 0 Å². The molecule has 4 aromatic rings. The molecule has 2 aromatic carbocycles. The molecule has 2 N–H and O–H groups in total. The molecule has 5 heterocycles. The molecule has 0 saturated carbocycles. The number of ether oxygens (including phenoxy) is 2. The highest BCUT2D eigenvalue weighted by atomic mass is 19.1. The summed E-state index contributed by atoms with van der Waals surface area (Å²) in [6.07, 6.45) is 4.60. The molecule has 0 spiro atoms. The van der Waals surface area contributed by atoms with E-state index >= 15 is 4.39 Å². The number of benzene rings is 2. The number of anilines is 1. The Hall–Kier alpha value is -4.90. The van der Waals surface area contributed by atoms with Crippen molar-refractivity contribution in [2.75, 3.05) is 58.2 Å². The van der Waals surface area contributed by atoms with E-state index in [1.807, 2.05) is 24.3 Å². The fourth-order valence-electron chi connectivity index (χ4n) is 6.98. The molecule has 3 aliphatic heterocycles. The van der Waals surface area contributed by atoms with Gasteiger partial charge in [0.25, 0.3) is 5.91 Å². The van der Waals surface area contributed by atoms with E-state index in [1.165, 1.54) is 12.4 Å². The Morgan fingerprint density at radius 2 is 1.84 bits per heavy atom. The van der Waals surface area contributed by atoms with Crippen LogP contribution in [0.25, 0.3) is 27.1 Å². The minimum atomic E-state index is -0.531. The SMILES string of the molecule is [C-]#[N+]/C(=C\C(C)(C)N1CCN(C2COC2)CC1)C(=O)N1CCCC(n2nc(-c3ccc(Oc4ccccc4)cc3F)c3c(N)ncnc32)C1. The molecule has 12 nitrogen and oxygen atoms in total. The summed E-state index contributed by atoms with van der Waals surface area (Å²) in [4.78, 5) is 32.8. The third-order valence-electron chi connectivity index (χ3n) is 9.82. The van der Waals surface area contributed by atoms with Gasteiger partial charge in [-0.1, -0.05) is 24.3 Å². The Morgan fingerprint density at radius 3 is 2.53 bits per heavy atom. The maximum Gasteiger partial charge on any atom is 0.252 e. The normalized spacial score (nSPS) is 19.8. The highest BCUT2D eigenvalue weighted by Crippen LogP contribution is 2.37. The van der Waals surface area contributed by atoms with Gasteiger partial charge in [-0.3, -0.25) is 14.6 Å². The van der Waals surface area contributed by atoms with E-state index in [4.69, 9.17) is 26.9 Å². The molecule has 7 rings (SSSR count). The van der Waals surface area contributed by atoms with E-state index in [0.29, 0.717) is 53.8 Å². The van der Waals surface area contributed by atoms with Crippen molar-refractivity contribution in [3.63, 3.8) is 0 Å². The van der Waals surface area contributed by atoms with Crippen molar-refractivity contribution in [2.24, 2.45) is 0 Å². The first-order valence-electron chi connectivity index (χ1n) is 16.7. The number of piperazine rings is 1. The second-order valence-corrected chi connectivity index (χ2v) is 13.4. The minimum absolute atomic E-state index is 0.109. The monoisotopic (exact) mass is 665 g/mol. The molecular formula is C36H40FN9O3. The van der Waals surface area contributed by atoms with E-state index in [9.17, 15) is 4.79 Å². The smallest absolute Gasteiger partial charge is 0.252 e.